The number of nitrogens with two attached hydrogens (primary N) is 1. The standard InChI is InChI=1S/C13H20N2O2S/c1-11(14)13-7-8-15(9-13)18(16,17)10-12-5-3-2-4-6-12/h2-6,11,13H,7-10,14H2,1H3. The van der Waals surface area contributed by atoms with Crippen LogP contribution in [0.1, 0.15) is 18.9 Å². The molecule has 1 aliphatic rings. The molecule has 0 spiro atoms. The molecular formula is C13H20N2O2S. The number of hydrogen-bond donors (Lipinski definition) is 1. The molecule has 0 aromatic heterocycles. The van der Waals surface area contributed by atoms with Gasteiger partial charge >= 0.3 is 0 Å². The van der Waals surface area contributed by atoms with Crippen molar-refractivity contribution in [2.24, 2.45) is 11.7 Å². The first kappa shape index (κ1) is 13.5. The van der Waals surface area contributed by atoms with Crippen LogP contribution >= 0.6 is 0 Å². The van der Waals surface area contributed by atoms with Crippen molar-refractivity contribution in [3.05, 3.63) is 35.9 Å². The van der Waals surface area contributed by atoms with Crippen molar-refractivity contribution in [2.45, 2.75) is 25.1 Å². The van der Waals surface area contributed by atoms with E-state index in [2.05, 4.69) is 0 Å². The van der Waals surface area contributed by atoms with Gasteiger partial charge in [-0.1, -0.05) is 30.3 Å². The maximum Gasteiger partial charge on any atom is 0.218 e. The SMILES string of the molecule is CC(N)C1CCN(S(=O)(=O)Cc2ccccc2)C1. The topological polar surface area (TPSA) is 63.4 Å². The van der Waals surface area contributed by atoms with Crippen LogP contribution in [0.15, 0.2) is 30.3 Å². The largest absolute Gasteiger partial charge is 0.328 e. The molecule has 1 heterocycles. The van der Waals surface area contributed by atoms with Gasteiger partial charge in [0.15, 0.2) is 0 Å². The van der Waals surface area contributed by atoms with Crippen molar-refractivity contribution in [3.8, 4) is 0 Å². The molecule has 100 valence electrons. The maximum absolute atomic E-state index is 12.3. The molecule has 2 N–H and O–H groups in total. The molecule has 1 aromatic carbocycles. The highest BCUT2D eigenvalue weighted by Crippen LogP contribution is 2.23. The van der Waals surface area contributed by atoms with Crippen LogP contribution in [-0.4, -0.2) is 31.9 Å². The molecule has 2 unspecified atom stereocenters. The van der Waals surface area contributed by atoms with Crippen LogP contribution in [0.4, 0.5) is 0 Å². The molecule has 0 saturated carbocycles. The Kier molecular flexibility index (Phi) is 4.04. The second kappa shape index (κ2) is 5.38. The third kappa shape index (κ3) is 3.10. The molecule has 0 aliphatic carbocycles. The van der Waals surface area contributed by atoms with Gasteiger partial charge in [-0.2, -0.15) is 0 Å². The minimum absolute atomic E-state index is 0.0573. The Morgan fingerprint density at radius 2 is 2.06 bits per heavy atom. The van der Waals surface area contributed by atoms with Crippen LogP contribution in [0.25, 0.3) is 0 Å². The molecule has 0 amide bonds. The molecule has 1 aromatic rings. The van der Waals surface area contributed by atoms with E-state index in [-0.39, 0.29) is 17.7 Å². The summed E-state index contributed by atoms with van der Waals surface area (Å²) in [5.74, 6) is 0.370. The van der Waals surface area contributed by atoms with Crippen molar-refractivity contribution in [1.29, 1.82) is 0 Å². The molecular weight excluding hydrogens is 248 g/mol. The van der Waals surface area contributed by atoms with Gasteiger partial charge in [-0.3, -0.25) is 0 Å². The summed E-state index contributed by atoms with van der Waals surface area (Å²) in [6.07, 6.45) is 0.867. The Labute approximate surface area is 109 Å². The molecule has 18 heavy (non-hydrogen) atoms. The Bertz CT molecular complexity index is 485. The fraction of sp³-hybridized carbons (Fsp3) is 0.538. The van der Waals surface area contributed by atoms with Crippen LogP contribution in [0.2, 0.25) is 0 Å². The highest BCUT2D eigenvalue weighted by Gasteiger charge is 2.32. The molecule has 1 saturated heterocycles. The molecule has 5 heteroatoms. The van der Waals surface area contributed by atoms with Crippen molar-refractivity contribution >= 4 is 10.0 Å². The average molecular weight is 268 g/mol. The van der Waals surface area contributed by atoms with E-state index < -0.39 is 10.0 Å². The van der Waals surface area contributed by atoms with Crippen molar-refractivity contribution in [3.63, 3.8) is 0 Å². The van der Waals surface area contributed by atoms with E-state index in [9.17, 15) is 8.42 Å². The Morgan fingerprint density at radius 3 is 2.61 bits per heavy atom. The Balaban J connectivity index is 2.04. The third-order valence-corrected chi connectivity index (χ3v) is 5.33. The smallest absolute Gasteiger partial charge is 0.218 e. The summed E-state index contributed by atoms with van der Waals surface area (Å²) < 4.78 is 26.1. The van der Waals surface area contributed by atoms with Crippen LogP contribution in [0.3, 0.4) is 0 Å². The van der Waals surface area contributed by atoms with E-state index in [1.807, 2.05) is 37.3 Å². The second-order valence-corrected chi connectivity index (χ2v) is 6.98. The first-order valence-electron chi connectivity index (χ1n) is 6.26. The first-order chi connectivity index (χ1) is 8.49. The summed E-state index contributed by atoms with van der Waals surface area (Å²) >= 11 is 0. The van der Waals surface area contributed by atoms with Crippen LogP contribution in [0, 0.1) is 5.92 Å². The van der Waals surface area contributed by atoms with Gasteiger partial charge in [0.05, 0.1) is 5.75 Å². The molecule has 2 atom stereocenters. The summed E-state index contributed by atoms with van der Waals surface area (Å²) in [6, 6.07) is 9.35. The molecule has 2 rings (SSSR count). The molecule has 1 aliphatic heterocycles. The highest BCUT2D eigenvalue weighted by molar-refractivity contribution is 7.88. The lowest BCUT2D eigenvalue weighted by Gasteiger charge is -2.18. The van der Waals surface area contributed by atoms with Gasteiger partial charge in [-0.15, -0.1) is 0 Å². The predicted octanol–water partition coefficient (Wildman–Crippen LogP) is 1.19. The van der Waals surface area contributed by atoms with Crippen LogP contribution < -0.4 is 5.73 Å². The van der Waals surface area contributed by atoms with E-state index in [1.165, 1.54) is 0 Å². The minimum atomic E-state index is -3.20. The summed E-state index contributed by atoms with van der Waals surface area (Å²) in [7, 11) is -3.20. The lowest BCUT2D eigenvalue weighted by molar-refractivity contribution is 0.428. The van der Waals surface area contributed by atoms with E-state index in [4.69, 9.17) is 5.73 Å². The van der Waals surface area contributed by atoms with Crippen molar-refractivity contribution in [2.75, 3.05) is 13.1 Å². The average Bonchev–Trinajstić information content (AvgIpc) is 2.79. The molecule has 0 radical (unpaired) electrons. The van der Waals surface area contributed by atoms with E-state index >= 15 is 0 Å². The van der Waals surface area contributed by atoms with Crippen LogP contribution in [-0.2, 0) is 15.8 Å². The van der Waals surface area contributed by atoms with Gasteiger partial charge in [0.2, 0.25) is 10.0 Å². The lowest BCUT2D eigenvalue weighted by atomic mass is 10.0. The third-order valence-electron chi connectivity index (χ3n) is 3.52. The zero-order valence-electron chi connectivity index (χ0n) is 10.6. The van der Waals surface area contributed by atoms with Crippen molar-refractivity contribution in [1.82, 2.24) is 4.31 Å². The van der Waals surface area contributed by atoms with E-state index in [0.29, 0.717) is 13.1 Å². The lowest BCUT2D eigenvalue weighted by Crippen LogP contribution is -2.33. The van der Waals surface area contributed by atoms with E-state index in [1.54, 1.807) is 4.31 Å². The molecule has 0 bridgehead atoms. The van der Waals surface area contributed by atoms with Gasteiger partial charge in [0.25, 0.3) is 0 Å². The maximum atomic E-state index is 12.3. The van der Waals surface area contributed by atoms with Crippen LogP contribution in [0.5, 0.6) is 0 Å². The summed E-state index contributed by atoms with van der Waals surface area (Å²) in [4.78, 5) is 0. The number of hydrogen-bond acceptors (Lipinski definition) is 3. The van der Waals surface area contributed by atoms with Gasteiger partial charge in [-0.05, 0) is 24.8 Å². The summed E-state index contributed by atoms with van der Waals surface area (Å²) in [5, 5.41) is 0. The zero-order chi connectivity index (χ0) is 13.2. The fourth-order valence-electron chi connectivity index (χ4n) is 2.31. The van der Waals surface area contributed by atoms with Gasteiger partial charge < -0.3 is 5.73 Å². The van der Waals surface area contributed by atoms with Gasteiger partial charge in [-0.25, -0.2) is 12.7 Å². The number of rotatable bonds is 4. The first-order valence-corrected chi connectivity index (χ1v) is 7.87. The second-order valence-electron chi connectivity index (χ2n) is 5.01. The van der Waals surface area contributed by atoms with Crippen molar-refractivity contribution < 1.29 is 8.42 Å². The summed E-state index contributed by atoms with van der Waals surface area (Å²) in [6.45, 7) is 3.10. The summed E-state index contributed by atoms with van der Waals surface area (Å²) in [5.41, 5.74) is 6.67. The number of benzene rings is 1. The minimum Gasteiger partial charge on any atom is -0.328 e. The Hall–Kier alpha value is -0.910. The molecule has 1 fully saturated rings. The zero-order valence-corrected chi connectivity index (χ0v) is 11.4. The molecule has 4 nitrogen and oxygen atoms in total. The number of sulfonamides is 1. The monoisotopic (exact) mass is 268 g/mol. The van der Waals surface area contributed by atoms with E-state index in [0.717, 1.165) is 12.0 Å². The van der Waals surface area contributed by atoms with Gasteiger partial charge in [0, 0.05) is 19.1 Å². The van der Waals surface area contributed by atoms with Gasteiger partial charge in [0.1, 0.15) is 0 Å². The quantitative estimate of drug-likeness (QED) is 0.892. The normalized spacial score (nSPS) is 23.1. The Morgan fingerprint density at radius 1 is 1.39 bits per heavy atom. The number of nitrogens with zero attached hydrogens (tertiary/aromatic N) is 1. The predicted molar refractivity (Wildman–Crippen MR) is 72.4 cm³/mol. The highest BCUT2D eigenvalue weighted by atomic mass is 32.2. The fourth-order valence-corrected chi connectivity index (χ4v) is 3.91.